The first-order valence-corrected chi connectivity index (χ1v) is 5.79. The number of anilines is 1. The van der Waals surface area contributed by atoms with Crippen molar-refractivity contribution in [1.82, 2.24) is 4.98 Å². The molecule has 20 heavy (non-hydrogen) atoms. The molecular weight excluding hydrogens is 263 g/mol. The topological polar surface area (TPSA) is 79.3 Å². The van der Waals surface area contributed by atoms with Crippen LogP contribution in [0.4, 0.5) is 10.1 Å². The normalized spacial score (nSPS) is 10.1. The molecule has 1 amide bonds. The van der Waals surface area contributed by atoms with Crippen molar-refractivity contribution in [2.45, 2.75) is 6.42 Å². The van der Waals surface area contributed by atoms with Gasteiger partial charge < -0.3 is 10.4 Å². The first kappa shape index (κ1) is 13.7. The molecule has 1 heterocycles. The largest absolute Gasteiger partial charge is 0.481 e. The second kappa shape index (κ2) is 5.92. The first-order chi connectivity index (χ1) is 9.56. The average molecular weight is 274 g/mol. The SMILES string of the molecule is O=C(O)Cc1ccc(NC(=O)c2ccccc2F)cn1. The number of carbonyl (C=O) groups excluding carboxylic acids is 1. The fourth-order valence-corrected chi connectivity index (χ4v) is 1.60. The zero-order valence-electron chi connectivity index (χ0n) is 10.3. The molecule has 5 nitrogen and oxygen atoms in total. The van der Waals surface area contributed by atoms with Gasteiger partial charge in [-0.05, 0) is 24.3 Å². The Labute approximate surface area is 114 Å². The number of aliphatic carboxylic acids is 1. The van der Waals surface area contributed by atoms with Crippen molar-refractivity contribution < 1.29 is 19.1 Å². The molecule has 0 atom stereocenters. The highest BCUT2D eigenvalue weighted by Gasteiger charge is 2.11. The van der Waals surface area contributed by atoms with Crippen LogP contribution in [-0.4, -0.2) is 22.0 Å². The van der Waals surface area contributed by atoms with E-state index in [1.54, 1.807) is 6.07 Å². The lowest BCUT2D eigenvalue weighted by Gasteiger charge is -2.06. The third kappa shape index (κ3) is 3.38. The van der Waals surface area contributed by atoms with E-state index in [1.807, 2.05) is 0 Å². The standard InChI is InChI=1S/C14H11FN2O3/c15-12-4-2-1-3-11(12)14(20)17-10-6-5-9(16-8-10)7-13(18)19/h1-6,8H,7H2,(H,17,20)(H,18,19). The van der Waals surface area contributed by atoms with E-state index in [9.17, 15) is 14.0 Å². The Morgan fingerprint density at radius 3 is 2.55 bits per heavy atom. The molecule has 2 rings (SSSR count). The number of nitrogens with one attached hydrogen (secondary N) is 1. The molecule has 2 aromatic rings. The van der Waals surface area contributed by atoms with Gasteiger partial charge in [-0.25, -0.2) is 4.39 Å². The molecule has 102 valence electrons. The molecule has 0 saturated heterocycles. The van der Waals surface area contributed by atoms with Gasteiger partial charge in [0.05, 0.1) is 29.6 Å². The summed E-state index contributed by atoms with van der Waals surface area (Å²) in [6.45, 7) is 0. The van der Waals surface area contributed by atoms with Crippen molar-refractivity contribution in [3.05, 3.63) is 59.7 Å². The lowest BCUT2D eigenvalue weighted by molar-refractivity contribution is -0.136. The van der Waals surface area contributed by atoms with Crippen molar-refractivity contribution in [3.8, 4) is 0 Å². The predicted octanol–water partition coefficient (Wildman–Crippen LogP) is 2.10. The number of carboxylic acid groups (broad SMARTS) is 1. The summed E-state index contributed by atoms with van der Waals surface area (Å²) >= 11 is 0. The van der Waals surface area contributed by atoms with E-state index in [4.69, 9.17) is 5.11 Å². The third-order valence-electron chi connectivity index (χ3n) is 2.53. The molecule has 0 saturated carbocycles. The van der Waals surface area contributed by atoms with Crippen LogP contribution in [0.3, 0.4) is 0 Å². The number of carboxylic acids is 1. The van der Waals surface area contributed by atoms with E-state index < -0.39 is 17.7 Å². The van der Waals surface area contributed by atoms with Crippen LogP contribution in [0.15, 0.2) is 42.6 Å². The summed E-state index contributed by atoms with van der Waals surface area (Å²) in [6.07, 6.45) is 1.14. The van der Waals surface area contributed by atoms with Crippen LogP contribution in [0.25, 0.3) is 0 Å². The Morgan fingerprint density at radius 2 is 1.95 bits per heavy atom. The summed E-state index contributed by atoms with van der Waals surface area (Å²) in [5.41, 5.74) is 0.677. The Bertz CT molecular complexity index is 641. The summed E-state index contributed by atoms with van der Waals surface area (Å²) in [7, 11) is 0. The van der Waals surface area contributed by atoms with Gasteiger partial charge in [-0.15, -0.1) is 0 Å². The minimum atomic E-state index is -0.986. The van der Waals surface area contributed by atoms with Crippen molar-refractivity contribution in [2.24, 2.45) is 0 Å². The van der Waals surface area contributed by atoms with Crippen molar-refractivity contribution in [2.75, 3.05) is 5.32 Å². The summed E-state index contributed by atoms with van der Waals surface area (Å²) < 4.78 is 13.4. The van der Waals surface area contributed by atoms with Gasteiger partial charge in [0.1, 0.15) is 5.82 Å². The summed E-state index contributed by atoms with van der Waals surface area (Å²) in [5, 5.41) is 11.1. The van der Waals surface area contributed by atoms with E-state index >= 15 is 0 Å². The molecule has 6 heteroatoms. The van der Waals surface area contributed by atoms with E-state index in [2.05, 4.69) is 10.3 Å². The Balaban J connectivity index is 2.09. The Kier molecular flexibility index (Phi) is 4.05. The number of amides is 1. The van der Waals surface area contributed by atoms with Gasteiger partial charge in [-0.2, -0.15) is 0 Å². The molecule has 0 aliphatic rings. The van der Waals surface area contributed by atoms with Gasteiger partial charge in [0.2, 0.25) is 0 Å². The number of nitrogens with zero attached hydrogens (tertiary/aromatic N) is 1. The number of halogens is 1. The van der Waals surface area contributed by atoms with Gasteiger partial charge in [-0.3, -0.25) is 14.6 Å². The molecule has 0 aliphatic heterocycles. The molecule has 1 aromatic carbocycles. The Morgan fingerprint density at radius 1 is 1.20 bits per heavy atom. The fourth-order valence-electron chi connectivity index (χ4n) is 1.60. The van der Waals surface area contributed by atoms with Crippen LogP contribution in [0.5, 0.6) is 0 Å². The maximum atomic E-state index is 13.4. The molecular formula is C14H11FN2O3. The summed E-state index contributed by atoms with van der Waals surface area (Å²) in [4.78, 5) is 26.2. The molecule has 2 N–H and O–H groups in total. The highest BCUT2D eigenvalue weighted by atomic mass is 19.1. The van der Waals surface area contributed by atoms with E-state index in [0.29, 0.717) is 11.4 Å². The van der Waals surface area contributed by atoms with Gasteiger partial charge in [0.25, 0.3) is 5.91 Å². The zero-order valence-corrected chi connectivity index (χ0v) is 10.3. The van der Waals surface area contributed by atoms with Gasteiger partial charge in [0.15, 0.2) is 0 Å². The van der Waals surface area contributed by atoms with E-state index in [0.717, 1.165) is 0 Å². The van der Waals surface area contributed by atoms with Gasteiger partial charge >= 0.3 is 5.97 Å². The molecule has 0 aliphatic carbocycles. The van der Waals surface area contributed by atoms with Crippen LogP contribution in [0.1, 0.15) is 16.1 Å². The monoisotopic (exact) mass is 274 g/mol. The Hall–Kier alpha value is -2.76. The van der Waals surface area contributed by atoms with E-state index in [1.165, 1.54) is 36.5 Å². The molecule has 0 bridgehead atoms. The van der Waals surface area contributed by atoms with Gasteiger partial charge in [-0.1, -0.05) is 12.1 Å². The molecule has 0 fully saturated rings. The quantitative estimate of drug-likeness (QED) is 0.894. The predicted molar refractivity (Wildman–Crippen MR) is 69.9 cm³/mol. The molecule has 1 aromatic heterocycles. The number of carbonyl (C=O) groups is 2. The second-order valence-electron chi connectivity index (χ2n) is 4.04. The number of pyridine rings is 1. The summed E-state index contributed by atoms with van der Waals surface area (Å²) in [5.74, 6) is -2.18. The van der Waals surface area contributed by atoms with E-state index in [-0.39, 0.29) is 12.0 Å². The average Bonchev–Trinajstić information content (AvgIpc) is 2.41. The fraction of sp³-hybridized carbons (Fsp3) is 0.0714. The smallest absolute Gasteiger partial charge is 0.309 e. The first-order valence-electron chi connectivity index (χ1n) is 5.79. The maximum absolute atomic E-state index is 13.4. The zero-order chi connectivity index (χ0) is 14.5. The van der Waals surface area contributed by atoms with Crippen molar-refractivity contribution in [3.63, 3.8) is 0 Å². The highest BCUT2D eigenvalue weighted by Crippen LogP contribution is 2.11. The maximum Gasteiger partial charge on any atom is 0.309 e. The number of rotatable bonds is 4. The third-order valence-corrected chi connectivity index (χ3v) is 2.53. The van der Waals surface area contributed by atoms with Crippen molar-refractivity contribution >= 4 is 17.6 Å². The lowest BCUT2D eigenvalue weighted by Crippen LogP contribution is -2.14. The molecule has 0 spiro atoms. The molecule has 0 unspecified atom stereocenters. The lowest BCUT2D eigenvalue weighted by atomic mass is 10.2. The van der Waals surface area contributed by atoms with Crippen molar-refractivity contribution in [1.29, 1.82) is 0 Å². The minimum absolute atomic E-state index is 0.0675. The number of benzene rings is 1. The second-order valence-corrected chi connectivity index (χ2v) is 4.04. The number of hydrogen-bond acceptors (Lipinski definition) is 3. The van der Waals surface area contributed by atoms with Gasteiger partial charge in [0, 0.05) is 0 Å². The van der Waals surface area contributed by atoms with Crippen LogP contribution in [-0.2, 0) is 11.2 Å². The molecule has 0 radical (unpaired) electrons. The highest BCUT2D eigenvalue weighted by molar-refractivity contribution is 6.04. The minimum Gasteiger partial charge on any atom is -0.481 e. The number of hydrogen-bond donors (Lipinski definition) is 2. The van der Waals surface area contributed by atoms with Crippen LogP contribution in [0, 0.1) is 5.82 Å². The summed E-state index contributed by atoms with van der Waals surface area (Å²) in [6, 6.07) is 8.63. The number of aromatic nitrogens is 1. The van der Waals surface area contributed by atoms with Crippen LogP contribution < -0.4 is 5.32 Å². The van der Waals surface area contributed by atoms with Crippen LogP contribution in [0.2, 0.25) is 0 Å². The van der Waals surface area contributed by atoms with Crippen LogP contribution >= 0.6 is 0 Å².